The van der Waals surface area contributed by atoms with Crippen LogP contribution in [0.5, 0.6) is 5.75 Å². The van der Waals surface area contributed by atoms with E-state index in [0.717, 1.165) is 5.57 Å². The van der Waals surface area contributed by atoms with E-state index in [2.05, 4.69) is 5.09 Å². The van der Waals surface area contributed by atoms with Crippen LogP contribution in [0.2, 0.25) is 0 Å². The number of carbonyl (C=O) groups is 1. The molecule has 0 spiro atoms. The fourth-order valence-electron chi connectivity index (χ4n) is 2.07. The minimum Gasteiger partial charge on any atom is -0.459 e. The normalized spacial score (nSPS) is 15.8. The van der Waals surface area contributed by atoms with Gasteiger partial charge in [-0.3, -0.25) is 9.36 Å². The predicted molar refractivity (Wildman–Crippen MR) is 103 cm³/mol. The van der Waals surface area contributed by atoms with Crippen molar-refractivity contribution in [2.75, 3.05) is 12.8 Å². The molecule has 0 aromatic heterocycles. The molecule has 146 valence electrons. The Morgan fingerprint density at radius 2 is 1.92 bits per heavy atom. The van der Waals surface area contributed by atoms with E-state index in [1.54, 1.807) is 65.0 Å². The number of nitrogens with one attached hydrogen (secondary N) is 1. The van der Waals surface area contributed by atoms with Crippen molar-refractivity contribution in [1.82, 2.24) is 5.09 Å². The first kappa shape index (κ1) is 22.4. The number of rotatable bonds is 9. The number of ether oxygens (including phenoxy) is 1. The molecule has 2 unspecified atom stereocenters. The molecule has 1 aromatic carbocycles. The molecule has 0 aliphatic heterocycles. The van der Waals surface area contributed by atoms with E-state index in [-0.39, 0.29) is 12.8 Å². The third-order valence-corrected chi connectivity index (χ3v) is 5.45. The highest BCUT2D eigenvalue weighted by Crippen LogP contribution is 2.44. The van der Waals surface area contributed by atoms with Gasteiger partial charge in [0.1, 0.15) is 17.4 Å². The fourth-order valence-corrected chi connectivity index (χ4v) is 3.97. The lowest BCUT2D eigenvalue weighted by Crippen LogP contribution is -2.38. The topological polar surface area (TPSA) is 84.9 Å². The van der Waals surface area contributed by atoms with Crippen LogP contribution in [0.3, 0.4) is 0 Å². The van der Waals surface area contributed by atoms with Gasteiger partial charge in [0.25, 0.3) is 0 Å². The maximum Gasteiger partial charge on any atom is 0.323 e. The predicted octanol–water partition coefficient (Wildman–Crippen LogP) is 3.91. The lowest BCUT2D eigenvalue weighted by Gasteiger charge is -2.26. The Bertz CT molecular complexity index is 652. The largest absolute Gasteiger partial charge is 0.459 e. The average molecular weight is 383 g/mol. The Balaban J connectivity index is 2.88. The van der Waals surface area contributed by atoms with Crippen molar-refractivity contribution in [2.45, 2.75) is 52.7 Å². The van der Waals surface area contributed by atoms with Gasteiger partial charge in [0.15, 0.2) is 0 Å². The minimum absolute atomic E-state index is 0.0500. The van der Waals surface area contributed by atoms with Gasteiger partial charge in [0, 0.05) is 0 Å². The van der Waals surface area contributed by atoms with E-state index in [1.165, 1.54) is 0 Å². The van der Waals surface area contributed by atoms with Crippen LogP contribution in [0, 0.1) is 0 Å². The molecule has 6 nitrogen and oxygen atoms in total. The first-order valence-corrected chi connectivity index (χ1v) is 10.5. The maximum absolute atomic E-state index is 13.3. The lowest BCUT2D eigenvalue weighted by molar-refractivity contribution is -0.156. The van der Waals surface area contributed by atoms with Crippen LogP contribution in [0.25, 0.3) is 0 Å². The maximum atomic E-state index is 13.3. The van der Waals surface area contributed by atoms with Gasteiger partial charge in [0.05, 0.1) is 12.8 Å². The van der Waals surface area contributed by atoms with Gasteiger partial charge in [-0.1, -0.05) is 29.8 Å². The van der Waals surface area contributed by atoms with E-state index in [4.69, 9.17) is 14.4 Å². The number of aliphatic hydroxyl groups is 1. The molecule has 26 heavy (non-hydrogen) atoms. The second kappa shape index (κ2) is 9.91. The Morgan fingerprint density at radius 1 is 1.31 bits per heavy atom. The van der Waals surface area contributed by atoms with E-state index >= 15 is 0 Å². The van der Waals surface area contributed by atoms with Crippen molar-refractivity contribution in [3.63, 3.8) is 0 Å². The van der Waals surface area contributed by atoms with Crippen molar-refractivity contribution in [3.8, 4) is 5.75 Å². The average Bonchev–Trinajstić information content (AvgIpc) is 2.53. The van der Waals surface area contributed by atoms with E-state index < -0.39 is 25.1 Å². The SMILES string of the molecule is C/C(=C\CCP(=O)(NC(C)C(=O)OC(C)(C)C)Oc1ccccc1)CO. The van der Waals surface area contributed by atoms with Crippen LogP contribution in [0.15, 0.2) is 42.0 Å². The quantitative estimate of drug-likeness (QED) is 0.382. The molecular weight excluding hydrogens is 353 g/mol. The van der Waals surface area contributed by atoms with E-state index in [9.17, 15) is 9.36 Å². The first-order valence-electron chi connectivity index (χ1n) is 8.65. The molecule has 2 atom stereocenters. The summed E-state index contributed by atoms with van der Waals surface area (Å²) in [6.07, 6.45) is 2.44. The fraction of sp³-hybridized carbons (Fsp3) is 0.526. The molecule has 0 saturated heterocycles. The van der Waals surface area contributed by atoms with Crippen LogP contribution < -0.4 is 9.61 Å². The number of carbonyl (C=O) groups excluding carboxylic acids is 1. The Hall–Kier alpha value is -1.62. The zero-order valence-corrected chi connectivity index (χ0v) is 17.1. The molecule has 1 rings (SSSR count). The molecule has 0 amide bonds. The molecule has 0 aliphatic rings. The molecule has 1 aromatic rings. The Labute approximate surface area is 156 Å². The molecule has 0 aliphatic carbocycles. The number of benzene rings is 1. The van der Waals surface area contributed by atoms with Crippen LogP contribution >= 0.6 is 7.52 Å². The van der Waals surface area contributed by atoms with Gasteiger partial charge >= 0.3 is 13.5 Å². The highest BCUT2D eigenvalue weighted by atomic mass is 31.2. The van der Waals surface area contributed by atoms with Crippen LogP contribution in [-0.4, -0.2) is 35.5 Å². The summed E-state index contributed by atoms with van der Waals surface area (Å²) in [5, 5.41) is 11.9. The standard InChI is InChI=1S/C19H30NO5P/c1-15(14-21)10-9-13-26(23,25-17-11-7-6-8-12-17)20-16(2)18(22)24-19(3,4)5/h6-8,10-12,16,21H,9,13-14H2,1-5H3,(H,20,23)/b15-10+. The van der Waals surface area contributed by atoms with Gasteiger partial charge in [-0.05, 0) is 53.2 Å². The van der Waals surface area contributed by atoms with Crippen molar-refractivity contribution >= 4 is 13.5 Å². The van der Waals surface area contributed by atoms with Crippen molar-refractivity contribution in [1.29, 1.82) is 0 Å². The lowest BCUT2D eigenvalue weighted by atomic mass is 10.2. The molecule has 7 heteroatoms. The molecule has 0 heterocycles. The first-order chi connectivity index (χ1) is 12.0. The smallest absolute Gasteiger partial charge is 0.323 e. The molecule has 0 saturated carbocycles. The van der Waals surface area contributed by atoms with Crippen LogP contribution in [0.4, 0.5) is 0 Å². The van der Waals surface area contributed by atoms with E-state index in [1.807, 2.05) is 6.07 Å². The summed E-state index contributed by atoms with van der Waals surface area (Å²) in [6, 6.07) is 8.04. The Morgan fingerprint density at radius 3 is 2.46 bits per heavy atom. The second-order valence-corrected chi connectivity index (χ2v) is 9.42. The second-order valence-electron chi connectivity index (χ2n) is 7.18. The molecule has 0 fully saturated rings. The summed E-state index contributed by atoms with van der Waals surface area (Å²) < 4.78 is 24.3. The molecule has 0 bridgehead atoms. The van der Waals surface area contributed by atoms with Gasteiger partial charge in [-0.25, -0.2) is 5.09 Å². The summed E-state index contributed by atoms with van der Waals surface area (Å²) in [6.45, 7) is 8.68. The molecular formula is C19H30NO5P. The highest BCUT2D eigenvalue weighted by Gasteiger charge is 2.31. The van der Waals surface area contributed by atoms with Gasteiger partial charge < -0.3 is 14.4 Å². The van der Waals surface area contributed by atoms with Gasteiger partial charge in [-0.2, -0.15) is 0 Å². The summed E-state index contributed by atoms with van der Waals surface area (Å²) >= 11 is 0. The molecule has 2 N–H and O–H groups in total. The van der Waals surface area contributed by atoms with Crippen molar-refractivity contribution in [3.05, 3.63) is 42.0 Å². The number of esters is 1. The number of para-hydroxylation sites is 1. The Kier molecular flexibility index (Phi) is 8.54. The third kappa shape index (κ3) is 8.65. The summed E-state index contributed by atoms with van der Waals surface area (Å²) in [7, 11) is -3.36. The highest BCUT2D eigenvalue weighted by molar-refractivity contribution is 7.57. The van der Waals surface area contributed by atoms with Crippen molar-refractivity contribution in [2.24, 2.45) is 0 Å². The number of aliphatic hydroxyl groups excluding tert-OH is 1. The molecule has 0 radical (unpaired) electrons. The van der Waals surface area contributed by atoms with Crippen molar-refractivity contribution < 1.29 is 23.7 Å². The zero-order valence-electron chi connectivity index (χ0n) is 16.2. The number of allylic oxidation sites excluding steroid dienone is 1. The summed E-state index contributed by atoms with van der Waals surface area (Å²) in [4.78, 5) is 12.2. The zero-order chi connectivity index (χ0) is 19.8. The third-order valence-electron chi connectivity index (χ3n) is 3.31. The number of hydrogen-bond acceptors (Lipinski definition) is 5. The number of hydrogen-bond donors (Lipinski definition) is 2. The minimum atomic E-state index is -3.36. The van der Waals surface area contributed by atoms with Gasteiger partial charge in [0.2, 0.25) is 0 Å². The van der Waals surface area contributed by atoms with Crippen LogP contribution in [0.1, 0.15) is 41.0 Å². The monoisotopic (exact) mass is 383 g/mol. The van der Waals surface area contributed by atoms with Crippen LogP contribution in [-0.2, 0) is 14.1 Å². The van der Waals surface area contributed by atoms with Gasteiger partial charge in [-0.15, -0.1) is 0 Å². The summed E-state index contributed by atoms with van der Waals surface area (Å²) in [5.74, 6) is -0.0287. The summed E-state index contributed by atoms with van der Waals surface area (Å²) in [5.41, 5.74) is 0.162. The van der Waals surface area contributed by atoms with E-state index in [0.29, 0.717) is 12.2 Å².